The van der Waals surface area contributed by atoms with Gasteiger partial charge in [0, 0.05) is 42.5 Å². The van der Waals surface area contributed by atoms with Gasteiger partial charge in [-0.2, -0.15) is 5.10 Å². The number of anilines is 1. The topological polar surface area (TPSA) is 119 Å². The third-order valence-electron chi connectivity index (χ3n) is 6.53. The van der Waals surface area contributed by atoms with Crippen molar-refractivity contribution in [3.8, 4) is 17.0 Å². The highest BCUT2D eigenvalue weighted by atomic mass is 19.1. The molecule has 1 fully saturated rings. The van der Waals surface area contributed by atoms with Crippen molar-refractivity contribution in [2.75, 3.05) is 18.8 Å². The average molecular weight is 456 g/mol. The minimum Gasteiger partial charge on any atom is -0.482 e. The van der Waals surface area contributed by atoms with Crippen molar-refractivity contribution in [2.24, 2.45) is 0 Å². The van der Waals surface area contributed by atoms with Crippen LogP contribution in [0.3, 0.4) is 0 Å². The first-order chi connectivity index (χ1) is 15.8. The monoisotopic (exact) mass is 456 g/mol. The lowest BCUT2D eigenvalue weighted by Crippen LogP contribution is -2.32. The van der Waals surface area contributed by atoms with E-state index in [-0.39, 0.29) is 22.5 Å². The number of carboxylic acid groups (broad SMARTS) is 1. The third-order valence-corrected chi connectivity index (χ3v) is 6.53. The van der Waals surface area contributed by atoms with Gasteiger partial charge in [0.25, 0.3) is 0 Å². The van der Waals surface area contributed by atoms with E-state index in [0.29, 0.717) is 30.9 Å². The first kappa shape index (κ1) is 21.1. The molecule has 2 aliphatic heterocycles. The Bertz CT molecular complexity index is 1230. The molecule has 33 heavy (non-hydrogen) atoms. The van der Waals surface area contributed by atoms with Crippen molar-refractivity contribution in [2.45, 2.75) is 37.8 Å². The molecular weight excluding hydrogens is 434 g/mol. The number of rotatable bonds is 4. The summed E-state index contributed by atoms with van der Waals surface area (Å²) >= 11 is 0. The standard InChI is InChI=1S/C22H22F2N6O3/c1-12(19-14(23)9-26-10-15(19)24)33-17-6-13(8-27-20(17)25)16-7-18-22(3-5-30(18)28-16)2-4-29(11-22)21(31)32/h6-10,12H,2-5,11H2,1H3,(H2,25,27)(H,31,32)/t12?,22-/m1/s1. The van der Waals surface area contributed by atoms with Crippen molar-refractivity contribution in [1.82, 2.24) is 24.6 Å². The lowest BCUT2D eigenvalue weighted by Gasteiger charge is -2.22. The summed E-state index contributed by atoms with van der Waals surface area (Å²) in [5, 5.41) is 14.0. The fraction of sp³-hybridized carbons (Fsp3) is 0.364. The number of aryl methyl sites for hydroxylation is 1. The maximum atomic E-state index is 14.1. The molecule has 3 aromatic rings. The second-order valence-electron chi connectivity index (χ2n) is 8.51. The van der Waals surface area contributed by atoms with Gasteiger partial charge in [-0.25, -0.2) is 18.6 Å². The van der Waals surface area contributed by atoms with Crippen molar-refractivity contribution >= 4 is 11.9 Å². The lowest BCUT2D eigenvalue weighted by molar-refractivity contribution is 0.153. The lowest BCUT2D eigenvalue weighted by atomic mass is 9.82. The number of aromatic nitrogens is 4. The Morgan fingerprint density at radius 1 is 1.21 bits per heavy atom. The number of halogens is 2. The molecule has 9 nitrogen and oxygen atoms in total. The summed E-state index contributed by atoms with van der Waals surface area (Å²) in [7, 11) is 0. The fourth-order valence-corrected chi connectivity index (χ4v) is 4.80. The normalized spacial score (nSPS) is 20.3. The number of nitrogen functional groups attached to an aromatic ring is 1. The first-order valence-electron chi connectivity index (χ1n) is 10.5. The number of carbonyl (C=O) groups is 1. The third kappa shape index (κ3) is 3.53. The number of hydrogen-bond acceptors (Lipinski definition) is 6. The maximum Gasteiger partial charge on any atom is 0.407 e. The van der Waals surface area contributed by atoms with Crippen LogP contribution in [0.25, 0.3) is 11.3 Å². The van der Waals surface area contributed by atoms with Crippen molar-refractivity contribution in [1.29, 1.82) is 0 Å². The Morgan fingerprint density at radius 3 is 2.64 bits per heavy atom. The van der Waals surface area contributed by atoms with Crippen molar-refractivity contribution in [3.63, 3.8) is 0 Å². The number of hydrogen-bond donors (Lipinski definition) is 2. The average Bonchev–Trinajstić information content (AvgIpc) is 3.46. The van der Waals surface area contributed by atoms with Gasteiger partial charge >= 0.3 is 6.09 Å². The summed E-state index contributed by atoms with van der Waals surface area (Å²) in [4.78, 5) is 20.5. The molecule has 3 aromatic heterocycles. The summed E-state index contributed by atoms with van der Waals surface area (Å²) in [6.45, 7) is 3.16. The predicted molar refractivity (Wildman–Crippen MR) is 114 cm³/mol. The molecule has 5 heterocycles. The first-order valence-corrected chi connectivity index (χ1v) is 10.5. The highest BCUT2D eigenvalue weighted by Gasteiger charge is 2.47. The van der Waals surface area contributed by atoms with Gasteiger partial charge < -0.3 is 20.5 Å². The van der Waals surface area contributed by atoms with Crippen molar-refractivity contribution < 1.29 is 23.4 Å². The quantitative estimate of drug-likeness (QED) is 0.618. The second-order valence-corrected chi connectivity index (χ2v) is 8.51. The van der Waals surface area contributed by atoms with Crippen LogP contribution in [0.5, 0.6) is 5.75 Å². The Labute approximate surface area is 187 Å². The molecule has 2 aliphatic rings. The highest BCUT2D eigenvalue weighted by molar-refractivity contribution is 5.67. The predicted octanol–water partition coefficient (Wildman–Crippen LogP) is 3.37. The van der Waals surface area contributed by atoms with Gasteiger partial charge in [0.05, 0.1) is 23.7 Å². The van der Waals surface area contributed by atoms with Gasteiger partial charge in [0.1, 0.15) is 6.10 Å². The SMILES string of the molecule is CC(Oc1cc(-c2cc3n(n2)CC[C@@]32CCN(C(=O)O)C2)cnc1N)c1c(F)cncc1F. The molecular formula is C22H22F2N6O3. The zero-order valence-electron chi connectivity index (χ0n) is 17.8. The molecule has 1 unspecified atom stereocenters. The summed E-state index contributed by atoms with van der Waals surface area (Å²) in [5.41, 5.74) is 7.74. The van der Waals surface area contributed by atoms with Crippen LogP contribution in [0, 0.1) is 11.6 Å². The minimum absolute atomic E-state index is 0.0802. The van der Waals surface area contributed by atoms with E-state index in [2.05, 4.69) is 15.1 Å². The Balaban J connectivity index is 1.43. The Hall–Kier alpha value is -3.76. The molecule has 0 saturated carbocycles. The number of fused-ring (bicyclic) bond motifs is 2. The van der Waals surface area contributed by atoms with Gasteiger partial charge in [0.2, 0.25) is 0 Å². The van der Waals surface area contributed by atoms with Gasteiger partial charge in [-0.3, -0.25) is 9.67 Å². The smallest absolute Gasteiger partial charge is 0.407 e. The molecule has 1 amide bonds. The number of likely N-dealkylation sites (tertiary alicyclic amines) is 1. The largest absolute Gasteiger partial charge is 0.482 e. The maximum absolute atomic E-state index is 14.1. The van der Waals surface area contributed by atoms with Crippen molar-refractivity contribution in [3.05, 3.63) is 53.6 Å². The van der Waals surface area contributed by atoms with Crippen LogP contribution in [0.1, 0.15) is 37.1 Å². The van der Waals surface area contributed by atoms with Gasteiger partial charge in [-0.15, -0.1) is 0 Å². The van der Waals surface area contributed by atoms with E-state index in [4.69, 9.17) is 10.5 Å². The van der Waals surface area contributed by atoms with E-state index >= 15 is 0 Å². The molecule has 0 aliphatic carbocycles. The number of nitrogens with zero attached hydrogens (tertiary/aromatic N) is 5. The van der Waals surface area contributed by atoms with E-state index in [1.807, 2.05) is 10.7 Å². The molecule has 1 spiro atoms. The molecule has 11 heteroatoms. The van der Waals surface area contributed by atoms with E-state index in [9.17, 15) is 18.7 Å². The summed E-state index contributed by atoms with van der Waals surface area (Å²) in [5.74, 6) is -1.37. The number of ether oxygens (including phenoxy) is 1. The van der Waals surface area contributed by atoms with Crippen LogP contribution in [0.2, 0.25) is 0 Å². The van der Waals surface area contributed by atoms with Gasteiger partial charge in [0.15, 0.2) is 23.2 Å². The molecule has 2 atom stereocenters. The molecule has 0 aromatic carbocycles. The molecule has 3 N–H and O–H groups in total. The van der Waals surface area contributed by atoms with Crippen LogP contribution in [0.4, 0.5) is 19.4 Å². The highest BCUT2D eigenvalue weighted by Crippen LogP contribution is 2.44. The van der Waals surface area contributed by atoms with Crippen LogP contribution in [0.15, 0.2) is 30.7 Å². The Kier molecular flexibility index (Phi) is 4.91. The fourth-order valence-electron chi connectivity index (χ4n) is 4.80. The molecule has 0 radical (unpaired) electrons. The number of amides is 1. The van der Waals surface area contributed by atoms with Crippen LogP contribution in [-0.2, 0) is 12.0 Å². The van der Waals surface area contributed by atoms with Crippen LogP contribution >= 0.6 is 0 Å². The zero-order chi connectivity index (χ0) is 23.3. The molecule has 1 saturated heterocycles. The van der Waals surface area contributed by atoms with E-state index in [1.165, 1.54) is 11.8 Å². The number of pyridine rings is 2. The van der Waals surface area contributed by atoms with Gasteiger partial charge in [-0.05, 0) is 31.9 Å². The molecule has 5 rings (SSSR count). The second kappa shape index (κ2) is 7.68. The van der Waals surface area contributed by atoms with E-state index in [1.54, 1.807) is 12.3 Å². The minimum atomic E-state index is -0.969. The summed E-state index contributed by atoms with van der Waals surface area (Å²) in [6.07, 6.45) is 3.12. The van der Waals surface area contributed by atoms with Crippen LogP contribution in [-0.4, -0.2) is 48.9 Å². The summed E-state index contributed by atoms with van der Waals surface area (Å²) in [6, 6.07) is 3.58. The van der Waals surface area contributed by atoms with E-state index < -0.39 is 23.8 Å². The zero-order valence-corrected chi connectivity index (χ0v) is 17.8. The Morgan fingerprint density at radius 2 is 1.94 bits per heavy atom. The molecule has 172 valence electrons. The number of nitrogens with two attached hydrogens (primary N) is 1. The van der Waals surface area contributed by atoms with Gasteiger partial charge in [-0.1, -0.05) is 0 Å². The summed E-state index contributed by atoms with van der Waals surface area (Å²) < 4.78 is 35.8. The molecule has 0 bridgehead atoms. The van der Waals surface area contributed by atoms with E-state index in [0.717, 1.165) is 30.9 Å². The van der Waals surface area contributed by atoms with Crippen LogP contribution < -0.4 is 10.5 Å².